The van der Waals surface area contributed by atoms with Crippen LogP contribution in [0.25, 0.3) is 0 Å². The number of aromatic nitrogens is 1. The number of ether oxygens (including phenoxy) is 1. The first-order chi connectivity index (χ1) is 9.56. The van der Waals surface area contributed by atoms with Crippen molar-refractivity contribution in [2.45, 2.75) is 29.9 Å². The third-order valence-corrected chi connectivity index (χ3v) is 3.38. The number of hydrogen-bond donors (Lipinski definition) is 1. The molecule has 0 radical (unpaired) electrons. The Bertz CT molecular complexity index is 614. The monoisotopic (exact) mass is 289 g/mol. The lowest BCUT2D eigenvalue weighted by Gasteiger charge is -2.12. The molecule has 104 valence electrons. The summed E-state index contributed by atoms with van der Waals surface area (Å²) >= 11 is 1.39. The number of hydrogen-bond acceptors (Lipinski definition) is 4. The lowest BCUT2D eigenvalue weighted by Crippen LogP contribution is -2.06. The molecule has 1 N–H and O–H groups in total. The van der Waals surface area contributed by atoms with Gasteiger partial charge >= 0.3 is 5.97 Å². The predicted octanol–water partition coefficient (Wildman–Crippen LogP) is 3.72. The highest BCUT2D eigenvalue weighted by molar-refractivity contribution is 7.99. The standard InChI is InChI=1S/C15H15NO3S/c1-10(2)19-13-7-4-8-16-14(13)20-12-6-3-5-11(9-12)15(17)18/h3-10H,1-2H3,(H,17,18). The fourth-order valence-electron chi connectivity index (χ4n) is 1.60. The Kier molecular flexibility index (Phi) is 4.63. The molecule has 2 rings (SSSR count). The summed E-state index contributed by atoms with van der Waals surface area (Å²) in [5.41, 5.74) is 0.261. The topological polar surface area (TPSA) is 59.4 Å². The van der Waals surface area contributed by atoms with Crippen LogP contribution in [0.1, 0.15) is 24.2 Å². The zero-order valence-electron chi connectivity index (χ0n) is 11.2. The zero-order valence-corrected chi connectivity index (χ0v) is 12.1. The van der Waals surface area contributed by atoms with Crippen LogP contribution in [0.3, 0.4) is 0 Å². The second-order valence-corrected chi connectivity index (χ2v) is 5.47. The Hall–Kier alpha value is -2.01. The fraction of sp³-hybridized carbons (Fsp3) is 0.200. The number of carbonyl (C=O) groups is 1. The number of nitrogens with zero attached hydrogens (tertiary/aromatic N) is 1. The van der Waals surface area contributed by atoms with Gasteiger partial charge in [0, 0.05) is 11.1 Å². The summed E-state index contributed by atoms with van der Waals surface area (Å²) in [4.78, 5) is 16.1. The van der Waals surface area contributed by atoms with Crippen molar-refractivity contribution >= 4 is 17.7 Å². The van der Waals surface area contributed by atoms with Crippen LogP contribution in [0.5, 0.6) is 5.75 Å². The quantitative estimate of drug-likeness (QED) is 0.909. The molecule has 1 aromatic heterocycles. The number of rotatable bonds is 5. The molecule has 0 saturated heterocycles. The lowest BCUT2D eigenvalue weighted by molar-refractivity contribution is 0.0696. The molecule has 1 heterocycles. The van der Waals surface area contributed by atoms with Gasteiger partial charge in [0.1, 0.15) is 5.03 Å². The summed E-state index contributed by atoms with van der Waals surface area (Å²) in [7, 11) is 0. The Morgan fingerprint density at radius 3 is 2.80 bits per heavy atom. The smallest absolute Gasteiger partial charge is 0.335 e. The van der Waals surface area contributed by atoms with E-state index in [-0.39, 0.29) is 11.7 Å². The van der Waals surface area contributed by atoms with Gasteiger partial charge in [-0.15, -0.1) is 0 Å². The van der Waals surface area contributed by atoms with Gasteiger partial charge in [-0.2, -0.15) is 0 Å². The molecule has 2 aromatic rings. The number of benzene rings is 1. The van der Waals surface area contributed by atoms with E-state index in [9.17, 15) is 4.79 Å². The third kappa shape index (κ3) is 3.74. The first-order valence-electron chi connectivity index (χ1n) is 6.19. The Morgan fingerprint density at radius 1 is 1.30 bits per heavy atom. The fourth-order valence-corrected chi connectivity index (χ4v) is 2.49. The van der Waals surface area contributed by atoms with Crippen LogP contribution in [0, 0.1) is 0 Å². The second kappa shape index (κ2) is 6.43. The summed E-state index contributed by atoms with van der Waals surface area (Å²) in [6, 6.07) is 10.4. The van der Waals surface area contributed by atoms with Gasteiger partial charge in [0.15, 0.2) is 5.75 Å². The van der Waals surface area contributed by atoms with Crippen molar-refractivity contribution in [3.63, 3.8) is 0 Å². The normalized spacial score (nSPS) is 10.6. The molecule has 0 bridgehead atoms. The Labute approximate surface area is 121 Å². The molecule has 0 amide bonds. The average Bonchev–Trinajstić information content (AvgIpc) is 2.41. The maximum atomic E-state index is 11.0. The predicted molar refractivity (Wildman–Crippen MR) is 77.5 cm³/mol. The molecule has 5 heteroatoms. The van der Waals surface area contributed by atoms with E-state index in [2.05, 4.69) is 4.98 Å². The van der Waals surface area contributed by atoms with Crippen LogP contribution >= 0.6 is 11.8 Å². The molecule has 0 aliphatic rings. The van der Waals surface area contributed by atoms with Crippen LogP contribution in [-0.4, -0.2) is 22.2 Å². The minimum Gasteiger partial charge on any atom is -0.488 e. The molecule has 0 aliphatic heterocycles. The number of carboxylic acids is 1. The Balaban J connectivity index is 2.25. The summed E-state index contributed by atoms with van der Waals surface area (Å²) in [5.74, 6) is -0.236. The summed E-state index contributed by atoms with van der Waals surface area (Å²) in [6.45, 7) is 3.90. The zero-order chi connectivity index (χ0) is 14.5. The third-order valence-electron chi connectivity index (χ3n) is 2.39. The lowest BCUT2D eigenvalue weighted by atomic mass is 10.2. The van der Waals surface area contributed by atoms with Crippen LogP contribution < -0.4 is 4.74 Å². The van der Waals surface area contributed by atoms with E-state index in [4.69, 9.17) is 9.84 Å². The van der Waals surface area contributed by atoms with Gasteiger partial charge in [0.25, 0.3) is 0 Å². The minimum absolute atomic E-state index is 0.0592. The van der Waals surface area contributed by atoms with Gasteiger partial charge in [-0.25, -0.2) is 9.78 Å². The molecule has 1 aromatic carbocycles. The molecule has 0 atom stereocenters. The molecule has 0 unspecified atom stereocenters. The SMILES string of the molecule is CC(C)Oc1cccnc1Sc1cccc(C(=O)O)c1. The van der Waals surface area contributed by atoms with Crippen molar-refractivity contribution < 1.29 is 14.6 Å². The van der Waals surface area contributed by atoms with E-state index in [1.807, 2.05) is 32.0 Å². The molecule has 0 saturated carbocycles. The highest BCUT2D eigenvalue weighted by Crippen LogP contribution is 2.33. The maximum Gasteiger partial charge on any atom is 0.335 e. The van der Waals surface area contributed by atoms with Gasteiger partial charge in [-0.05, 0) is 44.2 Å². The number of aromatic carboxylic acids is 1. The molecule has 4 nitrogen and oxygen atoms in total. The summed E-state index contributed by atoms with van der Waals surface area (Å²) in [6.07, 6.45) is 1.75. The van der Waals surface area contributed by atoms with Crippen LogP contribution in [0.2, 0.25) is 0 Å². The number of pyridine rings is 1. The van der Waals surface area contributed by atoms with Crippen molar-refractivity contribution in [1.82, 2.24) is 4.98 Å². The van der Waals surface area contributed by atoms with Crippen LogP contribution in [-0.2, 0) is 0 Å². The second-order valence-electron chi connectivity index (χ2n) is 4.41. The van der Waals surface area contributed by atoms with E-state index in [1.54, 1.807) is 24.4 Å². The molecule has 0 fully saturated rings. The maximum absolute atomic E-state index is 11.0. The van der Waals surface area contributed by atoms with E-state index < -0.39 is 5.97 Å². The van der Waals surface area contributed by atoms with Gasteiger partial charge in [-0.3, -0.25) is 0 Å². The van der Waals surface area contributed by atoms with E-state index in [0.717, 1.165) is 9.92 Å². The van der Waals surface area contributed by atoms with Gasteiger partial charge in [0.2, 0.25) is 0 Å². The van der Waals surface area contributed by atoms with Crippen LogP contribution in [0.15, 0.2) is 52.5 Å². The highest BCUT2D eigenvalue weighted by Gasteiger charge is 2.10. The molecular formula is C15H15NO3S. The van der Waals surface area contributed by atoms with Crippen molar-refractivity contribution in [1.29, 1.82) is 0 Å². The minimum atomic E-state index is -0.938. The van der Waals surface area contributed by atoms with Crippen LogP contribution in [0.4, 0.5) is 0 Å². The van der Waals surface area contributed by atoms with Crippen molar-refractivity contribution in [3.8, 4) is 5.75 Å². The summed E-state index contributed by atoms with van der Waals surface area (Å²) in [5, 5.41) is 9.73. The molecule has 0 aliphatic carbocycles. The number of carboxylic acid groups (broad SMARTS) is 1. The van der Waals surface area contributed by atoms with E-state index in [0.29, 0.717) is 5.75 Å². The Morgan fingerprint density at radius 2 is 2.10 bits per heavy atom. The first kappa shape index (κ1) is 14.4. The van der Waals surface area contributed by atoms with E-state index >= 15 is 0 Å². The van der Waals surface area contributed by atoms with Gasteiger partial charge in [0.05, 0.1) is 11.7 Å². The first-order valence-corrected chi connectivity index (χ1v) is 7.01. The van der Waals surface area contributed by atoms with Crippen molar-refractivity contribution in [2.24, 2.45) is 0 Å². The molecule has 0 spiro atoms. The largest absolute Gasteiger partial charge is 0.488 e. The molecular weight excluding hydrogens is 274 g/mol. The summed E-state index contributed by atoms with van der Waals surface area (Å²) < 4.78 is 5.70. The van der Waals surface area contributed by atoms with Crippen molar-refractivity contribution in [3.05, 3.63) is 48.2 Å². The molecule has 20 heavy (non-hydrogen) atoms. The van der Waals surface area contributed by atoms with Gasteiger partial charge in [-0.1, -0.05) is 17.8 Å². The highest BCUT2D eigenvalue weighted by atomic mass is 32.2. The van der Waals surface area contributed by atoms with Crippen molar-refractivity contribution in [2.75, 3.05) is 0 Å². The van der Waals surface area contributed by atoms with E-state index in [1.165, 1.54) is 11.8 Å². The average molecular weight is 289 g/mol. The van der Waals surface area contributed by atoms with Gasteiger partial charge < -0.3 is 9.84 Å².